The first kappa shape index (κ1) is 33.6. The van der Waals surface area contributed by atoms with E-state index in [1.807, 2.05) is 0 Å². The van der Waals surface area contributed by atoms with Gasteiger partial charge in [0.15, 0.2) is 5.96 Å². The zero-order valence-corrected chi connectivity index (χ0v) is 22.6. The van der Waals surface area contributed by atoms with E-state index in [-0.39, 0.29) is 49.9 Å². The van der Waals surface area contributed by atoms with Gasteiger partial charge in [-0.15, -0.1) is 0 Å². The number of carbonyl (C=O) groups is 5. The van der Waals surface area contributed by atoms with E-state index in [2.05, 4.69) is 20.9 Å². The fourth-order valence-corrected chi connectivity index (χ4v) is 3.68. The van der Waals surface area contributed by atoms with Crippen molar-refractivity contribution < 1.29 is 34.2 Å². The molecule has 1 aromatic rings. The number of nitrogens with one attached hydrogen (secondary N) is 3. The summed E-state index contributed by atoms with van der Waals surface area (Å²) in [6, 6.07) is 1.06. The molecular formula is C25H40N8O7. The maximum absolute atomic E-state index is 13.2. The number of hydrogen-bond acceptors (Lipinski definition) is 8. The number of aromatic hydroxyl groups is 1. The molecule has 0 aliphatic rings. The van der Waals surface area contributed by atoms with E-state index in [0.29, 0.717) is 5.56 Å². The van der Waals surface area contributed by atoms with Gasteiger partial charge in [0, 0.05) is 6.54 Å². The third kappa shape index (κ3) is 12.9. The number of nitrogens with two attached hydrogens (primary N) is 4. The fourth-order valence-electron chi connectivity index (χ4n) is 3.68. The summed E-state index contributed by atoms with van der Waals surface area (Å²) in [7, 11) is 0. The van der Waals surface area contributed by atoms with Gasteiger partial charge in [-0.3, -0.25) is 24.2 Å². The number of phenols is 1. The molecule has 0 aromatic heterocycles. The van der Waals surface area contributed by atoms with Gasteiger partial charge in [0.2, 0.25) is 23.6 Å². The first-order valence-electron chi connectivity index (χ1n) is 12.7. The van der Waals surface area contributed by atoms with E-state index in [1.54, 1.807) is 26.0 Å². The Hall–Kier alpha value is -4.40. The predicted molar refractivity (Wildman–Crippen MR) is 146 cm³/mol. The topological polar surface area (TPSA) is 278 Å². The summed E-state index contributed by atoms with van der Waals surface area (Å²) >= 11 is 0. The van der Waals surface area contributed by atoms with Crippen LogP contribution in [0.5, 0.6) is 5.75 Å². The Balaban J connectivity index is 3.05. The Labute approximate surface area is 232 Å². The Bertz CT molecular complexity index is 1060. The number of carboxylic acid groups (broad SMARTS) is 1. The van der Waals surface area contributed by atoms with Gasteiger partial charge in [-0.05, 0) is 49.3 Å². The lowest BCUT2D eigenvalue weighted by Gasteiger charge is -2.25. The predicted octanol–water partition coefficient (Wildman–Crippen LogP) is -2.22. The maximum atomic E-state index is 13.2. The summed E-state index contributed by atoms with van der Waals surface area (Å²) in [4.78, 5) is 65.9. The average molecular weight is 565 g/mol. The number of carbonyl (C=O) groups excluding carboxylic acids is 4. The van der Waals surface area contributed by atoms with E-state index in [9.17, 15) is 34.2 Å². The lowest BCUT2D eigenvalue weighted by atomic mass is 10.0. The van der Waals surface area contributed by atoms with Crippen molar-refractivity contribution in [3.05, 3.63) is 29.8 Å². The molecule has 15 nitrogen and oxygen atoms in total. The number of aliphatic carboxylic acids is 1. The van der Waals surface area contributed by atoms with Crippen LogP contribution in [0, 0.1) is 5.92 Å². The number of aliphatic imine (C=N–C) groups is 1. The summed E-state index contributed by atoms with van der Waals surface area (Å²) in [6.07, 6.45) is -0.100. The normalized spacial score (nSPS) is 13.8. The highest BCUT2D eigenvalue weighted by Crippen LogP contribution is 2.11. The molecule has 0 saturated carbocycles. The first-order chi connectivity index (χ1) is 18.7. The Morgan fingerprint density at radius 2 is 1.43 bits per heavy atom. The van der Waals surface area contributed by atoms with Crippen LogP contribution in [-0.4, -0.2) is 76.5 Å². The van der Waals surface area contributed by atoms with Crippen LogP contribution < -0.4 is 38.9 Å². The number of primary amides is 1. The summed E-state index contributed by atoms with van der Waals surface area (Å²) in [5.74, 6) is -4.79. The van der Waals surface area contributed by atoms with Crippen LogP contribution in [0.1, 0.15) is 45.1 Å². The third-order valence-corrected chi connectivity index (χ3v) is 5.67. The van der Waals surface area contributed by atoms with Gasteiger partial charge in [-0.1, -0.05) is 26.0 Å². The molecule has 0 radical (unpaired) electrons. The van der Waals surface area contributed by atoms with Crippen molar-refractivity contribution in [2.45, 2.75) is 70.1 Å². The van der Waals surface area contributed by atoms with Gasteiger partial charge in [0.1, 0.15) is 23.9 Å². The molecule has 4 atom stereocenters. The molecule has 4 amide bonds. The molecule has 0 heterocycles. The summed E-state index contributed by atoms with van der Waals surface area (Å²) in [6.45, 7) is 3.68. The third-order valence-electron chi connectivity index (χ3n) is 5.67. The lowest BCUT2D eigenvalue weighted by Crippen LogP contribution is -2.58. The van der Waals surface area contributed by atoms with Crippen LogP contribution in [0.3, 0.4) is 0 Å². The number of hydrogen-bond donors (Lipinski definition) is 9. The molecule has 13 N–H and O–H groups in total. The van der Waals surface area contributed by atoms with Gasteiger partial charge in [-0.2, -0.15) is 0 Å². The Morgan fingerprint density at radius 3 is 1.95 bits per heavy atom. The number of amides is 4. The molecule has 0 spiro atoms. The van der Waals surface area contributed by atoms with Crippen molar-refractivity contribution in [1.29, 1.82) is 0 Å². The van der Waals surface area contributed by atoms with E-state index in [1.165, 1.54) is 12.1 Å². The van der Waals surface area contributed by atoms with Crippen LogP contribution in [0.25, 0.3) is 0 Å². The number of guanidine groups is 1. The second-order valence-corrected chi connectivity index (χ2v) is 9.75. The van der Waals surface area contributed by atoms with Crippen LogP contribution >= 0.6 is 0 Å². The zero-order chi connectivity index (χ0) is 30.4. The monoisotopic (exact) mass is 564 g/mol. The Kier molecular flexibility index (Phi) is 13.9. The number of carboxylic acids is 1. The van der Waals surface area contributed by atoms with Crippen molar-refractivity contribution in [3.8, 4) is 5.75 Å². The second kappa shape index (κ2) is 16.5. The molecule has 0 saturated heterocycles. The minimum absolute atomic E-state index is 0.0380. The minimum Gasteiger partial charge on any atom is -0.508 e. The molecule has 0 bridgehead atoms. The molecule has 222 valence electrons. The number of rotatable bonds is 17. The highest BCUT2D eigenvalue weighted by atomic mass is 16.4. The number of benzene rings is 1. The molecule has 40 heavy (non-hydrogen) atoms. The molecule has 15 heteroatoms. The van der Waals surface area contributed by atoms with Gasteiger partial charge in [0.25, 0.3) is 0 Å². The van der Waals surface area contributed by atoms with Crippen LogP contribution in [-0.2, 0) is 30.4 Å². The number of nitrogens with zero attached hydrogens (tertiary/aromatic N) is 1. The van der Waals surface area contributed by atoms with Crippen LogP contribution in [0.2, 0.25) is 0 Å². The maximum Gasteiger partial charge on any atom is 0.326 e. The highest BCUT2D eigenvalue weighted by molar-refractivity contribution is 5.96. The fraction of sp³-hybridized carbons (Fsp3) is 0.520. The second-order valence-electron chi connectivity index (χ2n) is 9.75. The SMILES string of the molecule is CC(C)CC(NC(=O)C(CC(N)=O)NC(=O)C(CCCN=C(N)N)NC(=O)C(N)Cc1ccc(O)cc1)C(=O)O. The van der Waals surface area contributed by atoms with E-state index >= 15 is 0 Å². The van der Waals surface area contributed by atoms with Crippen molar-refractivity contribution in [1.82, 2.24) is 16.0 Å². The molecule has 0 aliphatic carbocycles. The van der Waals surface area contributed by atoms with Gasteiger partial charge < -0.3 is 49.1 Å². The van der Waals surface area contributed by atoms with Gasteiger partial charge >= 0.3 is 5.97 Å². The summed E-state index contributed by atoms with van der Waals surface area (Å²) in [5.41, 5.74) is 22.6. The smallest absolute Gasteiger partial charge is 0.326 e. The number of phenolic OH excluding ortho intramolecular Hbond substituents is 1. The van der Waals surface area contributed by atoms with Crippen molar-refractivity contribution in [3.63, 3.8) is 0 Å². The molecular weight excluding hydrogens is 524 g/mol. The van der Waals surface area contributed by atoms with E-state index < -0.39 is 60.2 Å². The molecule has 1 rings (SSSR count). The molecule has 4 unspecified atom stereocenters. The average Bonchev–Trinajstić information content (AvgIpc) is 2.85. The van der Waals surface area contributed by atoms with Crippen molar-refractivity contribution in [2.75, 3.05) is 6.54 Å². The first-order valence-corrected chi connectivity index (χ1v) is 12.7. The quantitative estimate of drug-likeness (QED) is 0.0558. The van der Waals surface area contributed by atoms with Crippen LogP contribution in [0.15, 0.2) is 29.3 Å². The Morgan fingerprint density at radius 1 is 0.875 bits per heavy atom. The molecule has 0 aliphatic heterocycles. The molecule has 1 aromatic carbocycles. The lowest BCUT2D eigenvalue weighted by molar-refractivity contribution is -0.143. The van der Waals surface area contributed by atoms with Gasteiger partial charge in [-0.25, -0.2) is 4.79 Å². The van der Waals surface area contributed by atoms with Gasteiger partial charge in [0.05, 0.1) is 12.5 Å². The van der Waals surface area contributed by atoms with Crippen molar-refractivity contribution >= 4 is 35.6 Å². The highest BCUT2D eigenvalue weighted by Gasteiger charge is 2.31. The summed E-state index contributed by atoms with van der Waals surface area (Å²) in [5, 5.41) is 26.1. The minimum atomic E-state index is -1.50. The summed E-state index contributed by atoms with van der Waals surface area (Å²) < 4.78 is 0. The standard InChI is InChI=1S/C25H40N8O7/c1-13(2)10-19(24(39)40)33-23(38)18(12-20(27)35)32-22(37)17(4-3-9-30-25(28)29)31-21(36)16(26)11-14-5-7-15(34)8-6-14/h5-8,13,16-19,34H,3-4,9-12,26H2,1-2H3,(H2,27,35)(H,31,36)(H,32,37)(H,33,38)(H,39,40)(H4,28,29,30). The molecule has 0 fully saturated rings. The van der Waals surface area contributed by atoms with E-state index in [0.717, 1.165) is 0 Å². The zero-order valence-electron chi connectivity index (χ0n) is 22.6. The largest absolute Gasteiger partial charge is 0.508 e. The van der Waals surface area contributed by atoms with Crippen molar-refractivity contribution in [2.24, 2.45) is 33.8 Å². The van der Waals surface area contributed by atoms with Crippen LogP contribution in [0.4, 0.5) is 0 Å². The van der Waals surface area contributed by atoms with E-state index in [4.69, 9.17) is 22.9 Å².